The second kappa shape index (κ2) is 4.16. The number of hydrogen-bond acceptors (Lipinski definition) is 2. The van der Waals surface area contributed by atoms with Crippen molar-refractivity contribution in [2.75, 3.05) is 7.11 Å². The van der Waals surface area contributed by atoms with Crippen LogP contribution in [0.15, 0.2) is 23.1 Å². The van der Waals surface area contributed by atoms with E-state index in [1.165, 1.54) is 0 Å². The number of rotatable bonds is 3. The summed E-state index contributed by atoms with van der Waals surface area (Å²) in [6.07, 6.45) is 0.942. The Hall–Kier alpha value is -0.960. The van der Waals surface area contributed by atoms with E-state index >= 15 is 0 Å². The smallest absolute Gasteiger partial charge is 0.491 e. The van der Waals surface area contributed by atoms with Gasteiger partial charge in [0.15, 0.2) is 5.75 Å². The van der Waals surface area contributed by atoms with Crippen molar-refractivity contribution >= 4 is 11.7 Å². The van der Waals surface area contributed by atoms with Crippen LogP contribution >= 0.6 is 0 Å². The van der Waals surface area contributed by atoms with Crippen molar-refractivity contribution in [1.29, 1.82) is 0 Å². The zero-order chi connectivity index (χ0) is 8.97. The highest BCUT2D eigenvalue weighted by Crippen LogP contribution is 2.19. The maximum absolute atomic E-state index is 10.6. The van der Waals surface area contributed by atoms with Crippen molar-refractivity contribution < 1.29 is 8.95 Å². The molecule has 0 radical (unpaired) electrons. The first-order valence-corrected chi connectivity index (χ1v) is 4.52. The Morgan fingerprint density at radius 1 is 1.50 bits per heavy atom. The molecule has 0 aliphatic rings. The summed E-state index contributed by atoms with van der Waals surface area (Å²) < 4.78 is 15.6. The highest BCUT2D eigenvalue weighted by atomic mass is 32.1. The summed E-state index contributed by atoms with van der Waals surface area (Å²) in [5, 5.41) is 0. The molecule has 1 rings (SSSR count). The minimum Gasteiger partial charge on any atom is -0.491 e. The van der Waals surface area contributed by atoms with E-state index in [0.29, 0.717) is 22.3 Å². The standard InChI is InChI=1S/C9H11O2S/c1-3-7-4-5-8(11-2)9(6-7)12-10/h4-6H,3H2,1-2H3/q+1. The first-order chi connectivity index (χ1) is 5.81. The van der Waals surface area contributed by atoms with Crippen LogP contribution in [0.4, 0.5) is 0 Å². The average Bonchev–Trinajstić information content (AvgIpc) is 2.16. The first-order valence-electron chi connectivity index (χ1n) is 3.78. The van der Waals surface area contributed by atoms with Gasteiger partial charge in [0.25, 0.3) is 0 Å². The number of benzene rings is 1. The van der Waals surface area contributed by atoms with Gasteiger partial charge < -0.3 is 4.74 Å². The Kier molecular flexibility index (Phi) is 3.17. The normalized spacial score (nSPS) is 9.50. The van der Waals surface area contributed by atoms with Crippen LogP contribution in [-0.2, 0) is 22.3 Å². The van der Waals surface area contributed by atoms with E-state index in [-0.39, 0.29) is 0 Å². The maximum Gasteiger partial charge on any atom is 0.509 e. The van der Waals surface area contributed by atoms with Gasteiger partial charge in [0.1, 0.15) is 0 Å². The molecule has 0 atom stereocenters. The van der Waals surface area contributed by atoms with Crippen molar-refractivity contribution in [1.82, 2.24) is 0 Å². The molecule has 0 saturated carbocycles. The molecule has 1 aromatic carbocycles. The lowest BCUT2D eigenvalue weighted by Gasteiger charge is -1.98. The molecule has 0 aromatic heterocycles. The Bertz CT molecular complexity index is 284. The Morgan fingerprint density at radius 2 is 2.25 bits per heavy atom. The summed E-state index contributed by atoms with van der Waals surface area (Å²) >= 11 is 0.475. The van der Waals surface area contributed by atoms with Crippen LogP contribution in [0.3, 0.4) is 0 Å². The van der Waals surface area contributed by atoms with Crippen LogP contribution in [-0.4, -0.2) is 7.11 Å². The Labute approximate surface area is 76.0 Å². The summed E-state index contributed by atoms with van der Waals surface area (Å²) in [6.45, 7) is 2.06. The van der Waals surface area contributed by atoms with E-state index in [9.17, 15) is 4.21 Å². The molecule has 3 heteroatoms. The Balaban J connectivity index is 3.10. The van der Waals surface area contributed by atoms with E-state index < -0.39 is 0 Å². The van der Waals surface area contributed by atoms with Crippen molar-refractivity contribution in [3.8, 4) is 5.75 Å². The SMILES string of the molecule is CCc1ccc(OC)c([S+]=O)c1. The fraction of sp³-hybridized carbons (Fsp3) is 0.333. The summed E-state index contributed by atoms with van der Waals surface area (Å²) in [7, 11) is 1.57. The average molecular weight is 183 g/mol. The molecule has 12 heavy (non-hydrogen) atoms. The molecule has 0 N–H and O–H groups in total. The minimum atomic E-state index is 0.475. The van der Waals surface area contributed by atoms with Crippen LogP contribution in [0.1, 0.15) is 12.5 Å². The zero-order valence-electron chi connectivity index (χ0n) is 7.16. The third-order valence-electron chi connectivity index (χ3n) is 1.73. The topological polar surface area (TPSA) is 26.3 Å². The fourth-order valence-electron chi connectivity index (χ4n) is 1.01. The molecule has 1 aromatic rings. The van der Waals surface area contributed by atoms with Gasteiger partial charge in [-0.15, -0.1) is 0 Å². The van der Waals surface area contributed by atoms with E-state index in [2.05, 4.69) is 6.92 Å². The molecular weight excluding hydrogens is 172 g/mol. The van der Waals surface area contributed by atoms with E-state index in [1.807, 2.05) is 18.2 Å². The van der Waals surface area contributed by atoms with Crippen molar-refractivity contribution in [3.63, 3.8) is 0 Å². The van der Waals surface area contributed by atoms with Gasteiger partial charge in [0.05, 0.1) is 7.11 Å². The number of ether oxygens (including phenoxy) is 1. The van der Waals surface area contributed by atoms with Gasteiger partial charge in [-0.05, 0) is 18.1 Å². The number of hydrogen-bond donors (Lipinski definition) is 0. The summed E-state index contributed by atoms with van der Waals surface area (Å²) in [5.74, 6) is 0.659. The summed E-state index contributed by atoms with van der Waals surface area (Å²) in [5.41, 5.74) is 1.16. The number of methoxy groups -OCH3 is 1. The number of aryl methyl sites for hydroxylation is 1. The van der Waals surface area contributed by atoms with Crippen LogP contribution in [0, 0.1) is 0 Å². The largest absolute Gasteiger partial charge is 0.509 e. The molecule has 0 bridgehead atoms. The monoisotopic (exact) mass is 183 g/mol. The molecule has 64 valence electrons. The highest BCUT2D eigenvalue weighted by Gasteiger charge is 2.14. The van der Waals surface area contributed by atoms with Crippen molar-refractivity contribution in [2.45, 2.75) is 18.2 Å². The van der Waals surface area contributed by atoms with Gasteiger partial charge in [-0.25, -0.2) is 0 Å². The third-order valence-corrected chi connectivity index (χ3v) is 2.22. The fourth-order valence-corrected chi connectivity index (χ4v) is 1.44. The third kappa shape index (κ3) is 1.80. The minimum absolute atomic E-state index is 0.475. The van der Waals surface area contributed by atoms with Crippen LogP contribution < -0.4 is 4.74 Å². The Morgan fingerprint density at radius 3 is 2.75 bits per heavy atom. The lowest BCUT2D eigenvalue weighted by Crippen LogP contribution is -1.89. The van der Waals surface area contributed by atoms with E-state index in [1.54, 1.807) is 7.11 Å². The molecule has 2 nitrogen and oxygen atoms in total. The van der Waals surface area contributed by atoms with E-state index in [4.69, 9.17) is 4.74 Å². The highest BCUT2D eigenvalue weighted by molar-refractivity contribution is 7.65. The van der Waals surface area contributed by atoms with Crippen LogP contribution in [0.25, 0.3) is 0 Å². The molecular formula is C9H11O2S+. The van der Waals surface area contributed by atoms with Gasteiger partial charge in [-0.1, -0.05) is 13.0 Å². The lowest BCUT2D eigenvalue weighted by molar-refractivity contribution is 0.404. The molecule has 0 heterocycles. The van der Waals surface area contributed by atoms with Crippen molar-refractivity contribution in [2.24, 2.45) is 0 Å². The molecule has 0 aliphatic carbocycles. The second-order valence-electron chi connectivity index (χ2n) is 2.42. The van der Waals surface area contributed by atoms with Crippen LogP contribution in [0.2, 0.25) is 0 Å². The van der Waals surface area contributed by atoms with Gasteiger partial charge in [-0.3, -0.25) is 0 Å². The molecule has 0 aliphatic heterocycles. The summed E-state index contributed by atoms with van der Waals surface area (Å²) in [4.78, 5) is 0.664. The maximum atomic E-state index is 10.6. The predicted octanol–water partition coefficient (Wildman–Crippen LogP) is 2.04. The zero-order valence-corrected chi connectivity index (χ0v) is 7.98. The quantitative estimate of drug-likeness (QED) is 0.670. The lowest BCUT2D eigenvalue weighted by atomic mass is 10.2. The second-order valence-corrected chi connectivity index (χ2v) is 3.03. The molecule has 0 spiro atoms. The van der Waals surface area contributed by atoms with Gasteiger partial charge in [-0.2, -0.15) is 0 Å². The van der Waals surface area contributed by atoms with Crippen molar-refractivity contribution in [3.05, 3.63) is 23.8 Å². The first kappa shape index (κ1) is 9.13. The van der Waals surface area contributed by atoms with Gasteiger partial charge in [0.2, 0.25) is 0 Å². The molecule has 0 amide bonds. The van der Waals surface area contributed by atoms with E-state index in [0.717, 1.165) is 12.0 Å². The predicted molar refractivity (Wildman–Crippen MR) is 48.7 cm³/mol. The van der Waals surface area contributed by atoms with Gasteiger partial charge >= 0.3 is 16.6 Å². The van der Waals surface area contributed by atoms with Crippen LogP contribution in [0.5, 0.6) is 5.75 Å². The molecule has 0 unspecified atom stereocenters. The molecule has 0 saturated heterocycles. The molecule has 0 fully saturated rings. The van der Waals surface area contributed by atoms with Gasteiger partial charge in [0, 0.05) is 10.3 Å². The summed E-state index contributed by atoms with van der Waals surface area (Å²) in [6, 6.07) is 5.67.